The predicted octanol–water partition coefficient (Wildman–Crippen LogP) is 1.90. The van der Waals surface area contributed by atoms with Gasteiger partial charge in [-0.15, -0.1) is 0 Å². The molecule has 0 unspecified atom stereocenters. The Morgan fingerprint density at radius 1 is 1.31 bits per heavy atom. The molecule has 2 aliphatic rings. The highest BCUT2D eigenvalue weighted by Crippen LogP contribution is 2.29. The molecule has 1 aromatic carbocycles. The molecule has 1 aromatic rings. The van der Waals surface area contributed by atoms with Gasteiger partial charge in [-0.05, 0) is 31.5 Å². The van der Waals surface area contributed by atoms with Crippen LogP contribution in [0.3, 0.4) is 0 Å². The Morgan fingerprint density at radius 2 is 2.07 bits per heavy atom. The van der Waals surface area contributed by atoms with Crippen molar-refractivity contribution in [3.8, 4) is 0 Å². The Hall–Kier alpha value is -2.03. The van der Waals surface area contributed by atoms with Gasteiger partial charge in [0.25, 0.3) is 0 Å². The third-order valence-electron chi connectivity index (χ3n) is 5.75. The van der Waals surface area contributed by atoms with Crippen molar-refractivity contribution in [2.45, 2.75) is 25.8 Å². The molecule has 0 aromatic heterocycles. The molecule has 0 bridgehead atoms. The summed E-state index contributed by atoms with van der Waals surface area (Å²) >= 11 is 6.40. The number of rotatable bonds is 6. The molecule has 3 amide bonds. The molecule has 2 heterocycles. The SMILES string of the molecule is CC[C@](C)(CNC(=O)Nc1ccc(N2CCNC(=O)C2)c(Cl)c1)N1CCOCC1. The monoisotopic (exact) mass is 423 g/mol. The minimum Gasteiger partial charge on any atom is -0.379 e. The average molecular weight is 424 g/mol. The quantitative estimate of drug-likeness (QED) is 0.650. The lowest BCUT2D eigenvalue weighted by Crippen LogP contribution is -2.57. The van der Waals surface area contributed by atoms with Crippen molar-refractivity contribution in [2.75, 3.05) is 62.7 Å². The molecule has 29 heavy (non-hydrogen) atoms. The van der Waals surface area contributed by atoms with Crippen LogP contribution in [-0.4, -0.2) is 74.9 Å². The largest absolute Gasteiger partial charge is 0.379 e. The van der Waals surface area contributed by atoms with Crippen LogP contribution < -0.4 is 20.9 Å². The number of benzene rings is 1. The molecule has 3 N–H and O–H groups in total. The Bertz CT molecular complexity index is 741. The van der Waals surface area contributed by atoms with E-state index in [1.165, 1.54) is 0 Å². The third kappa shape index (κ3) is 5.52. The molecule has 160 valence electrons. The third-order valence-corrected chi connectivity index (χ3v) is 6.05. The van der Waals surface area contributed by atoms with Crippen LogP contribution in [0.15, 0.2) is 18.2 Å². The number of nitrogens with one attached hydrogen (secondary N) is 3. The summed E-state index contributed by atoms with van der Waals surface area (Å²) in [7, 11) is 0. The van der Waals surface area contributed by atoms with Crippen molar-refractivity contribution < 1.29 is 14.3 Å². The summed E-state index contributed by atoms with van der Waals surface area (Å²) in [5.41, 5.74) is 1.29. The Morgan fingerprint density at radius 3 is 2.72 bits per heavy atom. The van der Waals surface area contributed by atoms with Crippen LogP contribution in [0.5, 0.6) is 0 Å². The molecule has 0 spiro atoms. The topological polar surface area (TPSA) is 85.9 Å². The normalized spacial score (nSPS) is 20.0. The standard InChI is InChI=1S/C20H30ClN5O3/c1-3-20(2,26-8-10-29-11-9-26)14-23-19(28)24-15-4-5-17(16(21)12-15)25-7-6-22-18(27)13-25/h4-5,12H,3,6-11,13-14H2,1-2H3,(H,22,27)(H2,23,24,28)/t20-/m1/s1. The highest BCUT2D eigenvalue weighted by Gasteiger charge is 2.31. The highest BCUT2D eigenvalue weighted by atomic mass is 35.5. The minimum atomic E-state index is -0.265. The maximum atomic E-state index is 12.4. The van der Waals surface area contributed by atoms with Crippen LogP contribution in [0.2, 0.25) is 5.02 Å². The maximum absolute atomic E-state index is 12.4. The van der Waals surface area contributed by atoms with Crippen molar-refractivity contribution in [3.63, 3.8) is 0 Å². The summed E-state index contributed by atoms with van der Waals surface area (Å²) in [5, 5.41) is 9.13. The van der Waals surface area contributed by atoms with Crippen LogP contribution in [0.4, 0.5) is 16.2 Å². The van der Waals surface area contributed by atoms with E-state index in [0.29, 0.717) is 30.3 Å². The number of nitrogens with zero attached hydrogens (tertiary/aromatic N) is 2. The van der Waals surface area contributed by atoms with Crippen LogP contribution in [0.1, 0.15) is 20.3 Å². The average Bonchev–Trinajstić information content (AvgIpc) is 2.73. The zero-order valence-electron chi connectivity index (χ0n) is 17.1. The number of halogens is 1. The van der Waals surface area contributed by atoms with E-state index < -0.39 is 0 Å². The van der Waals surface area contributed by atoms with Gasteiger partial charge in [0.1, 0.15) is 0 Å². The van der Waals surface area contributed by atoms with Gasteiger partial charge in [0.05, 0.1) is 30.5 Å². The number of piperazine rings is 1. The summed E-state index contributed by atoms with van der Waals surface area (Å²) in [6.07, 6.45) is 0.928. The first-order valence-electron chi connectivity index (χ1n) is 10.1. The van der Waals surface area contributed by atoms with Gasteiger partial charge in [-0.3, -0.25) is 9.69 Å². The lowest BCUT2D eigenvalue weighted by Gasteiger charge is -2.43. The van der Waals surface area contributed by atoms with E-state index in [2.05, 4.69) is 34.7 Å². The number of amides is 3. The zero-order chi connectivity index (χ0) is 20.9. The number of urea groups is 1. The fourth-order valence-electron chi connectivity index (χ4n) is 3.69. The van der Waals surface area contributed by atoms with E-state index in [-0.39, 0.29) is 24.0 Å². The minimum absolute atomic E-state index is 0.0202. The first-order chi connectivity index (χ1) is 13.9. The molecular formula is C20H30ClN5O3. The van der Waals surface area contributed by atoms with Gasteiger partial charge in [0.2, 0.25) is 5.91 Å². The number of hydrogen-bond donors (Lipinski definition) is 3. The number of carbonyl (C=O) groups is 2. The van der Waals surface area contributed by atoms with E-state index in [9.17, 15) is 9.59 Å². The number of carbonyl (C=O) groups excluding carboxylic acids is 2. The molecule has 2 aliphatic heterocycles. The molecule has 0 saturated carbocycles. The van der Waals surface area contributed by atoms with E-state index in [4.69, 9.17) is 16.3 Å². The predicted molar refractivity (Wildman–Crippen MR) is 115 cm³/mol. The van der Waals surface area contributed by atoms with E-state index in [1.807, 2.05) is 11.0 Å². The second-order valence-corrected chi connectivity index (χ2v) is 8.10. The number of ether oxygens (including phenoxy) is 1. The number of anilines is 2. The lowest BCUT2D eigenvalue weighted by atomic mass is 9.95. The van der Waals surface area contributed by atoms with Crippen LogP contribution in [0, 0.1) is 0 Å². The second-order valence-electron chi connectivity index (χ2n) is 7.70. The Kier molecular flexibility index (Phi) is 7.21. The van der Waals surface area contributed by atoms with E-state index in [1.54, 1.807) is 12.1 Å². The molecule has 0 radical (unpaired) electrons. The van der Waals surface area contributed by atoms with Gasteiger partial charge in [-0.25, -0.2) is 4.79 Å². The fourth-order valence-corrected chi connectivity index (χ4v) is 3.99. The summed E-state index contributed by atoms with van der Waals surface area (Å²) in [5.74, 6) is -0.0202. The molecule has 3 rings (SSSR count). The van der Waals surface area contributed by atoms with Gasteiger partial charge < -0.3 is 25.6 Å². The molecular weight excluding hydrogens is 394 g/mol. The van der Waals surface area contributed by atoms with Crippen LogP contribution in [0.25, 0.3) is 0 Å². The van der Waals surface area contributed by atoms with Crippen LogP contribution >= 0.6 is 11.6 Å². The van der Waals surface area contributed by atoms with Crippen LogP contribution in [-0.2, 0) is 9.53 Å². The smallest absolute Gasteiger partial charge is 0.319 e. The zero-order valence-corrected chi connectivity index (χ0v) is 17.8. The molecule has 2 fully saturated rings. The number of morpholine rings is 1. The van der Waals surface area contributed by atoms with Gasteiger partial charge in [-0.2, -0.15) is 0 Å². The molecule has 9 heteroatoms. The van der Waals surface area contributed by atoms with Crippen molar-refractivity contribution in [2.24, 2.45) is 0 Å². The summed E-state index contributed by atoms with van der Waals surface area (Å²) in [6, 6.07) is 5.08. The van der Waals surface area contributed by atoms with Crippen molar-refractivity contribution in [1.29, 1.82) is 0 Å². The fraction of sp³-hybridized carbons (Fsp3) is 0.600. The lowest BCUT2D eigenvalue weighted by molar-refractivity contribution is -0.120. The first kappa shape index (κ1) is 21.7. The van der Waals surface area contributed by atoms with Gasteiger partial charge >= 0.3 is 6.03 Å². The maximum Gasteiger partial charge on any atom is 0.319 e. The Balaban J connectivity index is 1.56. The Labute approximate surface area is 176 Å². The second kappa shape index (κ2) is 9.65. The van der Waals surface area contributed by atoms with E-state index >= 15 is 0 Å². The first-order valence-corrected chi connectivity index (χ1v) is 10.5. The molecule has 8 nitrogen and oxygen atoms in total. The van der Waals surface area contributed by atoms with Gasteiger partial charge in [0, 0.05) is 44.0 Å². The van der Waals surface area contributed by atoms with E-state index in [0.717, 1.165) is 38.4 Å². The van der Waals surface area contributed by atoms with Crippen molar-refractivity contribution in [1.82, 2.24) is 15.5 Å². The van der Waals surface area contributed by atoms with Crippen molar-refractivity contribution in [3.05, 3.63) is 23.2 Å². The molecule has 1 atom stereocenters. The highest BCUT2D eigenvalue weighted by molar-refractivity contribution is 6.33. The van der Waals surface area contributed by atoms with Gasteiger partial charge in [0.15, 0.2) is 0 Å². The summed E-state index contributed by atoms with van der Waals surface area (Å²) in [6.45, 7) is 9.63. The summed E-state index contributed by atoms with van der Waals surface area (Å²) < 4.78 is 5.44. The molecule has 2 saturated heterocycles. The van der Waals surface area contributed by atoms with Crippen molar-refractivity contribution >= 4 is 34.9 Å². The summed E-state index contributed by atoms with van der Waals surface area (Å²) in [4.78, 5) is 28.3. The van der Waals surface area contributed by atoms with Gasteiger partial charge in [-0.1, -0.05) is 18.5 Å². The molecule has 0 aliphatic carbocycles. The number of hydrogen-bond acceptors (Lipinski definition) is 5.